The highest BCUT2D eigenvalue weighted by molar-refractivity contribution is 5.81. The maximum Gasteiger partial charge on any atom is 0.146 e. The van der Waals surface area contributed by atoms with Gasteiger partial charge in [-0.15, -0.1) is 0 Å². The first-order chi connectivity index (χ1) is 5.84. The Balaban J connectivity index is 1.74. The van der Waals surface area contributed by atoms with E-state index in [1.165, 1.54) is 25.8 Å². The molecule has 0 bridgehead atoms. The smallest absolute Gasteiger partial charge is 0.146 e. The van der Waals surface area contributed by atoms with E-state index in [9.17, 15) is 4.79 Å². The number of hydrogen-bond donors (Lipinski definition) is 0. The molecule has 2 rings (SSSR count). The Bertz CT molecular complexity index is 175. The first-order valence-electron chi connectivity index (χ1n) is 5.08. The summed E-state index contributed by atoms with van der Waals surface area (Å²) in [6.45, 7) is 3.07. The van der Waals surface area contributed by atoms with Crippen molar-refractivity contribution in [2.75, 3.05) is 19.6 Å². The lowest BCUT2D eigenvalue weighted by atomic mass is 9.85. The van der Waals surface area contributed by atoms with Crippen LogP contribution in [0.5, 0.6) is 0 Å². The van der Waals surface area contributed by atoms with Crippen molar-refractivity contribution in [2.45, 2.75) is 32.1 Å². The number of ketones is 1. The molecule has 0 radical (unpaired) electrons. The highest BCUT2D eigenvalue weighted by atomic mass is 16.1. The molecule has 1 aliphatic heterocycles. The average molecular weight is 167 g/mol. The Labute approximate surface area is 73.9 Å². The molecular formula is C10H17NO. The van der Waals surface area contributed by atoms with Crippen molar-refractivity contribution in [1.29, 1.82) is 0 Å². The number of rotatable bonds is 2. The summed E-state index contributed by atoms with van der Waals surface area (Å²) in [6, 6.07) is 0. The number of carbonyl (C=O) groups is 1. The Hall–Kier alpha value is -0.370. The van der Waals surface area contributed by atoms with E-state index in [0.717, 1.165) is 31.8 Å². The third-order valence-electron chi connectivity index (χ3n) is 3.07. The van der Waals surface area contributed by atoms with Gasteiger partial charge in [-0.05, 0) is 31.7 Å². The second-order valence-corrected chi connectivity index (χ2v) is 4.17. The van der Waals surface area contributed by atoms with Crippen molar-refractivity contribution in [1.82, 2.24) is 4.90 Å². The average Bonchev–Trinajstić information content (AvgIpc) is 1.97. The Morgan fingerprint density at radius 2 is 2.17 bits per heavy atom. The minimum Gasteiger partial charge on any atom is -0.298 e. The van der Waals surface area contributed by atoms with Gasteiger partial charge in [0.05, 0.1) is 6.54 Å². The summed E-state index contributed by atoms with van der Waals surface area (Å²) in [7, 11) is 0. The molecule has 0 N–H and O–H groups in total. The number of hydrogen-bond acceptors (Lipinski definition) is 2. The van der Waals surface area contributed by atoms with Crippen LogP contribution in [0.3, 0.4) is 0 Å². The second-order valence-electron chi connectivity index (χ2n) is 4.17. The predicted molar refractivity (Wildman–Crippen MR) is 48.0 cm³/mol. The summed E-state index contributed by atoms with van der Waals surface area (Å²) < 4.78 is 0. The van der Waals surface area contributed by atoms with Crippen LogP contribution in [0.15, 0.2) is 0 Å². The van der Waals surface area contributed by atoms with E-state index in [0.29, 0.717) is 5.78 Å². The largest absolute Gasteiger partial charge is 0.298 e. The molecule has 1 heterocycles. The number of likely N-dealkylation sites (tertiary alicyclic amines) is 1. The predicted octanol–water partition coefficient (Wildman–Crippen LogP) is 1.45. The molecule has 1 saturated heterocycles. The van der Waals surface area contributed by atoms with E-state index in [1.54, 1.807) is 0 Å². The van der Waals surface area contributed by atoms with Crippen LogP contribution in [0.2, 0.25) is 0 Å². The van der Waals surface area contributed by atoms with Gasteiger partial charge in [0, 0.05) is 13.0 Å². The number of Topliss-reactive ketones (excluding diaryl/α,β-unsaturated/α-hetero) is 1. The zero-order valence-corrected chi connectivity index (χ0v) is 7.59. The van der Waals surface area contributed by atoms with E-state index in [2.05, 4.69) is 4.90 Å². The monoisotopic (exact) mass is 167 g/mol. The molecule has 0 unspecified atom stereocenters. The molecule has 0 amide bonds. The third kappa shape index (κ3) is 1.86. The maximum absolute atomic E-state index is 11.1. The molecule has 2 nitrogen and oxygen atoms in total. The zero-order valence-electron chi connectivity index (χ0n) is 7.59. The van der Waals surface area contributed by atoms with Crippen LogP contribution in [0, 0.1) is 5.92 Å². The van der Waals surface area contributed by atoms with Gasteiger partial charge >= 0.3 is 0 Å². The molecule has 0 aromatic rings. The van der Waals surface area contributed by atoms with Crippen LogP contribution < -0.4 is 0 Å². The van der Waals surface area contributed by atoms with E-state index in [-0.39, 0.29) is 0 Å². The molecule has 1 aliphatic carbocycles. The van der Waals surface area contributed by atoms with Gasteiger partial charge < -0.3 is 0 Å². The van der Waals surface area contributed by atoms with Gasteiger partial charge in [0.15, 0.2) is 0 Å². The van der Waals surface area contributed by atoms with E-state index in [1.807, 2.05) is 0 Å². The zero-order chi connectivity index (χ0) is 8.39. The Morgan fingerprint density at radius 3 is 2.75 bits per heavy atom. The van der Waals surface area contributed by atoms with Crippen LogP contribution >= 0.6 is 0 Å². The molecule has 2 aliphatic rings. The van der Waals surface area contributed by atoms with E-state index in [4.69, 9.17) is 0 Å². The summed E-state index contributed by atoms with van der Waals surface area (Å²) in [5.41, 5.74) is 0. The fraction of sp³-hybridized carbons (Fsp3) is 0.900. The lowest BCUT2D eigenvalue weighted by Crippen LogP contribution is -2.40. The minimum atomic E-state index is 0.445. The molecular weight excluding hydrogens is 150 g/mol. The van der Waals surface area contributed by atoms with Gasteiger partial charge in [-0.3, -0.25) is 9.69 Å². The fourth-order valence-electron chi connectivity index (χ4n) is 2.10. The lowest BCUT2D eigenvalue weighted by Gasteiger charge is -2.33. The lowest BCUT2D eigenvalue weighted by molar-refractivity contribution is -0.122. The van der Waals surface area contributed by atoms with Gasteiger partial charge in [-0.25, -0.2) is 0 Å². The summed E-state index contributed by atoms with van der Waals surface area (Å²) in [5, 5.41) is 0. The molecule has 2 heteroatoms. The summed E-state index contributed by atoms with van der Waals surface area (Å²) in [4.78, 5) is 13.5. The number of piperidine rings is 1. The van der Waals surface area contributed by atoms with Crippen molar-refractivity contribution in [2.24, 2.45) is 5.92 Å². The van der Waals surface area contributed by atoms with Crippen LogP contribution in [0.1, 0.15) is 32.1 Å². The first kappa shape index (κ1) is 8.24. The van der Waals surface area contributed by atoms with E-state index >= 15 is 0 Å². The van der Waals surface area contributed by atoms with Crippen molar-refractivity contribution in [3.63, 3.8) is 0 Å². The van der Waals surface area contributed by atoms with Gasteiger partial charge in [-0.1, -0.05) is 6.42 Å². The highest BCUT2D eigenvalue weighted by Crippen LogP contribution is 2.27. The van der Waals surface area contributed by atoms with Crippen LogP contribution in [-0.2, 0) is 4.79 Å². The normalized spacial score (nSPS) is 27.2. The quantitative estimate of drug-likeness (QED) is 0.620. The van der Waals surface area contributed by atoms with E-state index < -0.39 is 0 Å². The molecule has 0 aromatic heterocycles. The summed E-state index contributed by atoms with van der Waals surface area (Å²) in [5.74, 6) is 1.36. The van der Waals surface area contributed by atoms with Gasteiger partial charge in [0.2, 0.25) is 0 Å². The summed E-state index contributed by atoms with van der Waals surface area (Å²) in [6.07, 6.45) is 6.11. The van der Waals surface area contributed by atoms with Gasteiger partial charge in [0.1, 0.15) is 5.78 Å². The number of carbonyl (C=O) groups excluding carboxylic acids is 1. The molecule has 1 saturated carbocycles. The van der Waals surface area contributed by atoms with Crippen molar-refractivity contribution in [3.8, 4) is 0 Å². The van der Waals surface area contributed by atoms with Crippen LogP contribution in [-0.4, -0.2) is 30.3 Å². The topological polar surface area (TPSA) is 20.3 Å². The summed E-state index contributed by atoms with van der Waals surface area (Å²) >= 11 is 0. The van der Waals surface area contributed by atoms with Gasteiger partial charge in [0.25, 0.3) is 0 Å². The van der Waals surface area contributed by atoms with Crippen LogP contribution in [0.25, 0.3) is 0 Å². The molecule has 0 spiro atoms. The Kier molecular flexibility index (Phi) is 2.45. The standard InChI is InChI=1S/C10H17NO/c12-10-5-2-6-11(8-10)7-9-3-1-4-9/h9H,1-8H2. The van der Waals surface area contributed by atoms with Crippen molar-refractivity contribution < 1.29 is 4.79 Å². The van der Waals surface area contributed by atoms with Crippen molar-refractivity contribution >= 4 is 5.78 Å². The van der Waals surface area contributed by atoms with Gasteiger partial charge in [-0.2, -0.15) is 0 Å². The van der Waals surface area contributed by atoms with Crippen LogP contribution in [0.4, 0.5) is 0 Å². The molecule has 0 aromatic carbocycles. The number of nitrogens with zero attached hydrogens (tertiary/aromatic N) is 1. The SMILES string of the molecule is O=C1CCCN(CC2CCC2)C1. The molecule has 2 fully saturated rings. The molecule has 68 valence electrons. The minimum absolute atomic E-state index is 0.445. The first-order valence-corrected chi connectivity index (χ1v) is 5.08. The molecule has 0 atom stereocenters. The third-order valence-corrected chi connectivity index (χ3v) is 3.07. The van der Waals surface area contributed by atoms with Crippen molar-refractivity contribution in [3.05, 3.63) is 0 Å². The highest BCUT2D eigenvalue weighted by Gasteiger charge is 2.23. The maximum atomic E-state index is 11.1. The fourth-order valence-corrected chi connectivity index (χ4v) is 2.10. The second kappa shape index (κ2) is 3.56. The molecule has 12 heavy (non-hydrogen) atoms. The Morgan fingerprint density at radius 1 is 1.33 bits per heavy atom.